The average Bonchev–Trinajstić information content (AvgIpc) is 2.39. The van der Waals surface area contributed by atoms with Gasteiger partial charge < -0.3 is 11.1 Å². The summed E-state index contributed by atoms with van der Waals surface area (Å²) in [5, 5.41) is 4.85. The number of benzene rings is 1. The van der Waals surface area contributed by atoms with E-state index in [-0.39, 0.29) is 5.91 Å². The summed E-state index contributed by atoms with van der Waals surface area (Å²) in [5.74, 6) is -0.138. The number of hydrogen-bond acceptors (Lipinski definition) is 3. The van der Waals surface area contributed by atoms with Crippen LogP contribution >= 0.6 is 0 Å². The minimum absolute atomic E-state index is 0.138. The first-order chi connectivity index (χ1) is 8.72. The Hall–Kier alpha value is -1.94. The Labute approximate surface area is 106 Å². The molecule has 0 radical (unpaired) electrons. The number of hydrogen-bond donors (Lipinski definition) is 2. The summed E-state index contributed by atoms with van der Waals surface area (Å²) in [6, 6.07) is 7.16. The van der Waals surface area contributed by atoms with Crippen molar-refractivity contribution in [2.24, 2.45) is 5.73 Å². The zero-order valence-electron chi connectivity index (χ0n) is 10.4. The van der Waals surface area contributed by atoms with E-state index < -0.39 is 6.04 Å². The maximum Gasteiger partial charge on any atom is 0.241 e. The van der Waals surface area contributed by atoms with Crippen molar-refractivity contribution in [1.82, 2.24) is 4.98 Å². The highest BCUT2D eigenvalue weighted by Gasteiger charge is 2.13. The molecule has 4 heteroatoms. The van der Waals surface area contributed by atoms with E-state index in [1.165, 1.54) is 0 Å². The summed E-state index contributed by atoms with van der Waals surface area (Å²) in [6.45, 7) is 2.01. The molecular weight excluding hydrogens is 226 g/mol. The quantitative estimate of drug-likeness (QED) is 0.865. The molecule has 0 saturated carbocycles. The third-order valence-corrected chi connectivity index (χ3v) is 2.88. The first-order valence-electron chi connectivity index (χ1n) is 6.11. The highest BCUT2D eigenvalue weighted by Crippen LogP contribution is 2.22. The molecule has 1 aromatic carbocycles. The van der Waals surface area contributed by atoms with Crippen LogP contribution in [0.25, 0.3) is 10.8 Å². The van der Waals surface area contributed by atoms with Gasteiger partial charge in [0, 0.05) is 28.9 Å². The van der Waals surface area contributed by atoms with Gasteiger partial charge in [0.25, 0.3) is 0 Å². The molecule has 2 rings (SSSR count). The van der Waals surface area contributed by atoms with E-state index in [0.717, 1.165) is 22.9 Å². The Morgan fingerprint density at radius 1 is 1.44 bits per heavy atom. The molecule has 1 atom stereocenters. The Bertz CT molecular complexity index is 548. The predicted octanol–water partition coefficient (Wildman–Crippen LogP) is 2.30. The monoisotopic (exact) mass is 243 g/mol. The number of carbonyl (C=O) groups is 1. The summed E-state index contributed by atoms with van der Waals surface area (Å²) in [6.07, 6.45) is 5.08. The molecule has 0 saturated heterocycles. The number of amides is 1. The van der Waals surface area contributed by atoms with Crippen molar-refractivity contribution in [2.75, 3.05) is 5.32 Å². The van der Waals surface area contributed by atoms with Crippen LogP contribution in [0.1, 0.15) is 19.8 Å². The van der Waals surface area contributed by atoms with Gasteiger partial charge in [0.05, 0.1) is 6.04 Å². The van der Waals surface area contributed by atoms with E-state index in [0.29, 0.717) is 6.42 Å². The van der Waals surface area contributed by atoms with E-state index in [2.05, 4.69) is 10.3 Å². The fourth-order valence-electron chi connectivity index (χ4n) is 1.90. The van der Waals surface area contributed by atoms with Crippen LogP contribution in [-0.2, 0) is 4.79 Å². The predicted molar refractivity (Wildman–Crippen MR) is 73.3 cm³/mol. The average molecular weight is 243 g/mol. The van der Waals surface area contributed by atoms with Gasteiger partial charge in [-0.05, 0) is 18.6 Å². The number of aromatic nitrogens is 1. The molecule has 4 nitrogen and oxygen atoms in total. The van der Waals surface area contributed by atoms with Crippen molar-refractivity contribution in [3.05, 3.63) is 36.7 Å². The lowest BCUT2D eigenvalue weighted by molar-refractivity contribution is -0.117. The summed E-state index contributed by atoms with van der Waals surface area (Å²) < 4.78 is 0. The van der Waals surface area contributed by atoms with Crippen molar-refractivity contribution < 1.29 is 4.79 Å². The van der Waals surface area contributed by atoms with Gasteiger partial charge in [0.2, 0.25) is 5.91 Å². The van der Waals surface area contributed by atoms with Crippen LogP contribution in [-0.4, -0.2) is 16.9 Å². The van der Waals surface area contributed by atoms with Gasteiger partial charge in [-0.1, -0.05) is 25.5 Å². The van der Waals surface area contributed by atoms with Crippen LogP contribution < -0.4 is 11.1 Å². The molecule has 1 amide bonds. The summed E-state index contributed by atoms with van der Waals surface area (Å²) in [5.41, 5.74) is 6.58. The van der Waals surface area contributed by atoms with Crippen molar-refractivity contribution in [3.8, 4) is 0 Å². The van der Waals surface area contributed by atoms with Gasteiger partial charge in [0.15, 0.2) is 0 Å². The number of carbonyl (C=O) groups excluding carboxylic acids is 1. The first-order valence-corrected chi connectivity index (χ1v) is 6.11. The SMILES string of the molecule is CCC[C@H](N)C(=O)Nc1cccc2cnccc12. The van der Waals surface area contributed by atoms with Crippen molar-refractivity contribution in [1.29, 1.82) is 0 Å². The largest absolute Gasteiger partial charge is 0.324 e. The number of nitrogens with two attached hydrogens (primary N) is 1. The molecule has 1 aromatic heterocycles. The molecule has 94 valence electrons. The van der Waals surface area contributed by atoms with E-state index in [4.69, 9.17) is 5.73 Å². The molecule has 0 spiro atoms. The number of nitrogens with zero attached hydrogens (tertiary/aromatic N) is 1. The zero-order valence-corrected chi connectivity index (χ0v) is 10.4. The standard InChI is InChI=1S/C14H17N3O/c1-2-4-12(15)14(18)17-13-6-3-5-10-9-16-8-7-11(10)13/h3,5-9,12H,2,4,15H2,1H3,(H,17,18)/t12-/m0/s1. The highest BCUT2D eigenvalue weighted by atomic mass is 16.2. The second kappa shape index (κ2) is 5.60. The Kier molecular flexibility index (Phi) is 3.89. The van der Waals surface area contributed by atoms with E-state index in [9.17, 15) is 4.79 Å². The second-order valence-electron chi connectivity index (χ2n) is 4.29. The molecular formula is C14H17N3O. The lowest BCUT2D eigenvalue weighted by atomic mass is 10.1. The number of fused-ring (bicyclic) bond motifs is 1. The maximum absolute atomic E-state index is 11.9. The van der Waals surface area contributed by atoms with E-state index in [1.54, 1.807) is 12.4 Å². The first kappa shape index (κ1) is 12.5. The van der Waals surface area contributed by atoms with Crippen LogP contribution in [0.3, 0.4) is 0 Å². The van der Waals surface area contributed by atoms with Gasteiger partial charge in [0.1, 0.15) is 0 Å². The van der Waals surface area contributed by atoms with E-state index >= 15 is 0 Å². The molecule has 0 bridgehead atoms. The molecule has 2 aromatic rings. The van der Waals surface area contributed by atoms with Gasteiger partial charge in [-0.25, -0.2) is 0 Å². The molecule has 0 unspecified atom stereocenters. The van der Waals surface area contributed by atoms with Gasteiger partial charge >= 0.3 is 0 Å². The molecule has 0 fully saturated rings. The topological polar surface area (TPSA) is 68.0 Å². The number of rotatable bonds is 4. The van der Waals surface area contributed by atoms with Gasteiger partial charge in [-0.2, -0.15) is 0 Å². The lowest BCUT2D eigenvalue weighted by Gasteiger charge is -2.12. The van der Waals surface area contributed by atoms with E-state index in [1.807, 2.05) is 31.2 Å². The Balaban J connectivity index is 2.24. The number of anilines is 1. The molecule has 18 heavy (non-hydrogen) atoms. The third kappa shape index (κ3) is 2.65. The van der Waals surface area contributed by atoms with Crippen molar-refractivity contribution >= 4 is 22.4 Å². The van der Waals surface area contributed by atoms with Crippen LogP contribution in [0.15, 0.2) is 36.7 Å². The third-order valence-electron chi connectivity index (χ3n) is 2.88. The minimum Gasteiger partial charge on any atom is -0.324 e. The summed E-state index contributed by atoms with van der Waals surface area (Å²) in [7, 11) is 0. The number of nitrogens with one attached hydrogen (secondary N) is 1. The van der Waals surface area contributed by atoms with Crippen molar-refractivity contribution in [3.63, 3.8) is 0 Å². The Morgan fingerprint density at radius 2 is 2.28 bits per heavy atom. The molecule has 0 aliphatic rings. The van der Waals surface area contributed by atoms with Crippen molar-refractivity contribution in [2.45, 2.75) is 25.8 Å². The maximum atomic E-state index is 11.9. The second-order valence-corrected chi connectivity index (χ2v) is 4.29. The fourth-order valence-corrected chi connectivity index (χ4v) is 1.90. The molecule has 3 N–H and O–H groups in total. The van der Waals surface area contributed by atoms with Gasteiger partial charge in [-0.3, -0.25) is 9.78 Å². The lowest BCUT2D eigenvalue weighted by Crippen LogP contribution is -2.35. The summed E-state index contributed by atoms with van der Waals surface area (Å²) >= 11 is 0. The van der Waals surface area contributed by atoms with Crippen LogP contribution in [0.4, 0.5) is 5.69 Å². The minimum atomic E-state index is -0.452. The molecule has 0 aliphatic heterocycles. The Morgan fingerprint density at radius 3 is 3.06 bits per heavy atom. The number of pyridine rings is 1. The molecule has 0 aliphatic carbocycles. The van der Waals surface area contributed by atoms with Crippen LogP contribution in [0.5, 0.6) is 0 Å². The van der Waals surface area contributed by atoms with Gasteiger partial charge in [-0.15, -0.1) is 0 Å². The molecule has 1 heterocycles. The summed E-state index contributed by atoms with van der Waals surface area (Å²) in [4.78, 5) is 16.0. The normalized spacial score (nSPS) is 12.3. The fraction of sp³-hybridized carbons (Fsp3) is 0.286. The smallest absolute Gasteiger partial charge is 0.241 e. The zero-order chi connectivity index (χ0) is 13.0. The van der Waals surface area contributed by atoms with Crippen LogP contribution in [0, 0.1) is 0 Å². The van der Waals surface area contributed by atoms with Crippen LogP contribution in [0.2, 0.25) is 0 Å². The highest BCUT2D eigenvalue weighted by molar-refractivity contribution is 6.03.